The third-order valence-electron chi connectivity index (χ3n) is 4.58. The lowest BCUT2D eigenvalue weighted by Gasteiger charge is -2.37. The molecule has 1 atom stereocenters. The molecule has 2 amide bonds. The summed E-state index contributed by atoms with van der Waals surface area (Å²) in [6.45, 7) is 6.95. The molecular formula is C18H23ClF3N3O2. The summed E-state index contributed by atoms with van der Waals surface area (Å²) in [5, 5.41) is 2.89. The van der Waals surface area contributed by atoms with Crippen LogP contribution < -0.4 is 5.32 Å². The Labute approximate surface area is 161 Å². The fourth-order valence-corrected chi connectivity index (χ4v) is 3.16. The van der Waals surface area contributed by atoms with Crippen LogP contribution in [0.3, 0.4) is 0 Å². The molecule has 2 rings (SSSR count). The maximum Gasteiger partial charge on any atom is 0.416 e. The van der Waals surface area contributed by atoms with Crippen LogP contribution in [0.1, 0.15) is 26.3 Å². The van der Waals surface area contributed by atoms with Gasteiger partial charge in [-0.1, -0.05) is 25.4 Å². The summed E-state index contributed by atoms with van der Waals surface area (Å²) in [5.74, 6) is -0.303. The second-order valence-electron chi connectivity index (χ2n) is 6.89. The molecule has 1 aliphatic rings. The molecule has 0 saturated carbocycles. The van der Waals surface area contributed by atoms with E-state index in [-0.39, 0.29) is 28.4 Å². The lowest BCUT2D eigenvalue weighted by atomic mass is 10.0. The molecule has 0 aliphatic carbocycles. The Morgan fingerprint density at radius 3 is 2.11 bits per heavy atom. The molecule has 9 heteroatoms. The smallest absolute Gasteiger partial charge is 0.372 e. The number of amides is 2. The highest BCUT2D eigenvalue weighted by atomic mass is 35.5. The number of hydrogen-bond acceptors (Lipinski definition) is 3. The van der Waals surface area contributed by atoms with Crippen molar-refractivity contribution in [2.75, 3.05) is 31.5 Å². The van der Waals surface area contributed by atoms with Gasteiger partial charge in [-0.2, -0.15) is 13.2 Å². The molecule has 1 N–H and O–H groups in total. The number of carbonyl (C=O) groups is 2. The molecule has 1 heterocycles. The number of nitrogens with one attached hydrogen (secondary N) is 1. The number of halogens is 4. The summed E-state index contributed by atoms with van der Waals surface area (Å²) in [5.41, 5.74) is -0.565. The zero-order chi connectivity index (χ0) is 20.4. The van der Waals surface area contributed by atoms with Gasteiger partial charge in [-0.05, 0) is 24.1 Å². The van der Waals surface area contributed by atoms with Gasteiger partial charge in [0, 0.05) is 33.1 Å². The average molecular weight is 406 g/mol. The quantitative estimate of drug-likeness (QED) is 0.834. The van der Waals surface area contributed by atoms with Gasteiger partial charge in [-0.15, -0.1) is 0 Å². The van der Waals surface area contributed by atoms with Crippen molar-refractivity contribution in [3.63, 3.8) is 0 Å². The molecule has 150 valence electrons. The van der Waals surface area contributed by atoms with Crippen LogP contribution in [0.4, 0.5) is 18.9 Å². The van der Waals surface area contributed by atoms with Gasteiger partial charge in [0.1, 0.15) is 6.04 Å². The standard InChI is InChI=1S/C18H23ClF3N3O2/c1-11(2)16(17(27)25-8-6-24(7-9-25)12(3)26)23-15-5-4-13(10-14(15)19)18(20,21)22/h4-5,10-11,16,23H,6-9H2,1-3H3/t16-/m1/s1. The molecule has 0 bridgehead atoms. The van der Waals surface area contributed by atoms with Crippen molar-refractivity contribution in [1.82, 2.24) is 9.80 Å². The van der Waals surface area contributed by atoms with Gasteiger partial charge in [0.2, 0.25) is 11.8 Å². The first-order valence-corrected chi connectivity index (χ1v) is 9.06. The summed E-state index contributed by atoms with van der Waals surface area (Å²) in [6, 6.07) is 2.38. The van der Waals surface area contributed by atoms with Crippen LogP contribution in [-0.4, -0.2) is 53.8 Å². The second kappa shape index (κ2) is 8.37. The van der Waals surface area contributed by atoms with Crippen molar-refractivity contribution >= 4 is 29.1 Å². The third kappa shape index (κ3) is 5.28. The van der Waals surface area contributed by atoms with Gasteiger partial charge >= 0.3 is 6.18 Å². The number of rotatable bonds is 4. The van der Waals surface area contributed by atoms with Crippen LogP contribution in [0.25, 0.3) is 0 Å². The summed E-state index contributed by atoms with van der Waals surface area (Å²) in [6.07, 6.45) is -4.48. The number of piperazine rings is 1. The SMILES string of the molecule is CC(=O)N1CCN(C(=O)[C@H](Nc2ccc(C(F)(F)F)cc2Cl)C(C)C)CC1. The van der Waals surface area contributed by atoms with Gasteiger partial charge in [0.25, 0.3) is 0 Å². The van der Waals surface area contributed by atoms with E-state index in [2.05, 4.69) is 5.32 Å². The molecule has 0 aromatic heterocycles. The van der Waals surface area contributed by atoms with Gasteiger partial charge in [-0.3, -0.25) is 9.59 Å². The zero-order valence-electron chi connectivity index (χ0n) is 15.4. The van der Waals surface area contributed by atoms with Crippen molar-refractivity contribution < 1.29 is 22.8 Å². The van der Waals surface area contributed by atoms with Gasteiger partial charge in [0.05, 0.1) is 16.3 Å². The number of benzene rings is 1. The van der Waals surface area contributed by atoms with Crippen LogP contribution in [0, 0.1) is 5.92 Å². The van der Waals surface area contributed by atoms with Gasteiger partial charge in [-0.25, -0.2) is 0 Å². The highest BCUT2D eigenvalue weighted by molar-refractivity contribution is 6.33. The molecule has 5 nitrogen and oxygen atoms in total. The van der Waals surface area contributed by atoms with E-state index >= 15 is 0 Å². The molecule has 0 radical (unpaired) electrons. The van der Waals surface area contributed by atoms with Crippen molar-refractivity contribution in [3.05, 3.63) is 28.8 Å². The molecule has 27 heavy (non-hydrogen) atoms. The molecule has 1 aromatic rings. The molecular weight excluding hydrogens is 383 g/mol. The number of anilines is 1. The second-order valence-corrected chi connectivity index (χ2v) is 7.30. The van der Waals surface area contributed by atoms with Gasteiger partial charge in [0.15, 0.2) is 0 Å². The zero-order valence-corrected chi connectivity index (χ0v) is 16.2. The first-order valence-electron chi connectivity index (χ1n) is 8.68. The Morgan fingerprint density at radius 1 is 1.11 bits per heavy atom. The molecule has 1 saturated heterocycles. The maximum absolute atomic E-state index is 12.9. The minimum atomic E-state index is -4.48. The topological polar surface area (TPSA) is 52.7 Å². The maximum atomic E-state index is 12.9. The third-order valence-corrected chi connectivity index (χ3v) is 4.89. The first-order chi connectivity index (χ1) is 12.5. The predicted molar refractivity (Wildman–Crippen MR) is 97.5 cm³/mol. The summed E-state index contributed by atoms with van der Waals surface area (Å²) < 4.78 is 38.3. The van der Waals surface area contributed by atoms with Crippen molar-refractivity contribution in [2.24, 2.45) is 5.92 Å². The lowest BCUT2D eigenvalue weighted by molar-refractivity contribution is -0.139. The van der Waals surface area contributed by atoms with E-state index in [4.69, 9.17) is 11.6 Å². The van der Waals surface area contributed by atoms with Crippen molar-refractivity contribution in [2.45, 2.75) is 33.0 Å². The van der Waals surface area contributed by atoms with Crippen LogP contribution in [-0.2, 0) is 15.8 Å². The van der Waals surface area contributed by atoms with Crippen LogP contribution >= 0.6 is 11.6 Å². The Bertz CT molecular complexity index is 702. The molecule has 1 fully saturated rings. The normalized spacial score (nSPS) is 16.4. The van der Waals surface area contributed by atoms with E-state index in [0.29, 0.717) is 26.2 Å². The number of carbonyl (C=O) groups excluding carboxylic acids is 2. The summed E-state index contributed by atoms with van der Waals surface area (Å²) in [4.78, 5) is 27.6. The fourth-order valence-electron chi connectivity index (χ4n) is 2.93. The van der Waals surface area contributed by atoms with Crippen LogP contribution in [0.15, 0.2) is 18.2 Å². The summed E-state index contributed by atoms with van der Waals surface area (Å²) in [7, 11) is 0. The van der Waals surface area contributed by atoms with Crippen LogP contribution in [0.2, 0.25) is 5.02 Å². The number of nitrogens with zero attached hydrogens (tertiary/aromatic N) is 2. The average Bonchev–Trinajstić information content (AvgIpc) is 2.59. The lowest BCUT2D eigenvalue weighted by Crippen LogP contribution is -2.54. The predicted octanol–water partition coefficient (Wildman–Crippen LogP) is 3.49. The highest BCUT2D eigenvalue weighted by Crippen LogP contribution is 2.34. The van der Waals surface area contributed by atoms with E-state index in [1.165, 1.54) is 13.0 Å². The number of alkyl halides is 3. The van der Waals surface area contributed by atoms with E-state index in [1.54, 1.807) is 9.80 Å². The molecule has 1 aliphatic heterocycles. The molecule has 0 spiro atoms. The fraction of sp³-hybridized carbons (Fsp3) is 0.556. The molecule has 0 unspecified atom stereocenters. The Balaban J connectivity index is 2.12. The number of hydrogen-bond donors (Lipinski definition) is 1. The van der Waals surface area contributed by atoms with E-state index in [1.807, 2.05) is 13.8 Å². The minimum absolute atomic E-state index is 0.0304. The summed E-state index contributed by atoms with van der Waals surface area (Å²) >= 11 is 6.00. The Morgan fingerprint density at radius 2 is 1.67 bits per heavy atom. The van der Waals surface area contributed by atoms with E-state index < -0.39 is 17.8 Å². The first kappa shape index (κ1) is 21.3. The minimum Gasteiger partial charge on any atom is -0.372 e. The largest absolute Gasteiger partial charge is 0.416 e. The van der Waals surface area contributed by atoms with Crippen LogP contribution in [0.5, 0.6) is 0 Å². The Kier molecular flexibility index (Phi) is 6.62. The highest BCUT2D eigenvalue weighted by Gasteiger charge is 2.33. The van der Waals surface area contributed by atoms with E-state index in [0.717, 1.165) is 12.1 Å². The van der Waals surface area contributed by atoms with Gasteiger partial charge < -0.3 is 15.1 Å². The Hall–Kier alpha value is -1.96. The van der Waals surface area contributed by atoms with E-state index in [9.17, 15) is 22.8 Å². The molecule has 1 aromatic carbocycles. The van der Waals surface area contributed by atoms with Crippen molar-refractivity contribution in [1.29, 1.82) is 0 Å². The monoisotopic (exact) mass is 405 g/mol. The van der Waals surface area contributed by atoms with Crippen molar-refractivity contribution in [3.8, 4) is 0 Å².